The molecule has 0 fully saturated rings. The topological polar surface area (TPSA) is 77.8 Å². The van der Waals surface area contributed by atoms with Crippen molar-refractivity contribution < 1.29 is 26.3 Å². The quantitative estimate of drug-likeness (QED) is 0.645. The summed E-state index contributed by atoms with van der Waals surface area (Å²) in [5.41, 5.74) is 9.61. The van der Waals surface area contributed by atoms with Crippen LogP contribution in [0.5, 0.6) is 0 Å². The van der Waals surface area contributed by atoms with Crippen molar-refractivity contribution in [2.45, 2.75) is 31.6 Å². The zero-order chi connectivity index (χ0) is 21.6. The largest absolute Gasteiger partial charge is 0.416 e. The summed E-state index contributed by atoms with van der Waals surface area (Å²) >= 11 is 6.27. The summed E-state index contributed by atoms with van der Waals surface area (Å²) in [5.74, 6) is -0.132. The van der Waals surface area contributed by atoms with Crippen LogP contribution in [-0.4, -0.2) is 9.97 Å². The van der Waals surface area contributed by atoms with Gasteiger partial charge in [-0.1, -0.05) is 11.6 Å². The van der Waals surface area contributed by atoms with Crippen molar-refractivity contribution in [2.75, 3.05) is 11.5 Å². The van der Waals surface area contributed by atoms with E-state index < -0.39 is 23.5 Å². The SMILES string of the molecule is Nc1nc(N)c2c(n1)CCC(/C(Cl)=C/c1cc(C(F)(F)F)cc(C(F)(F)F)c1)C2. The average Bonchev–Trinajstić information content (AvgIpc) is 2.59. The van der Waals surface area contributed by atoms with Gasteiger partial charge in [0, 0.05) is 10.6 Å². The summed E-state index contributed by atoms with van der Waals surface area (Å²) in [4.78, 5) is 7.98. The lowest BCUT2D eigenvalue weighted by atomic mass is 9.86. The molecule has 0 bridgehead atoms. The minimum absolute atomic E-state index is 0.0324. The Labute approximate surface area is 166 Å². The number of rotatable bonds is 2. The molecule has 1 unspecified atom stereocenters. The number of nitrogen functional groups attached to an aromatic ring is 2. The number of nitrogens with two attached hydrogens (primary N) is 2. The van der Waals surface area contributed by atoms with E-state index in [0.717, 1.165) is 6.08 Å². The van der Waals surface area contributed by atoms with E-state index in [2.05, 4.69) is 9.97 Å². The van der Waals surface area contributed by atoms with Crippen molar-refractivity contribution in [1.82, 2.24) is 9.97 Å². The molecule has 1 heterocycles. The highest BCUT2D eigenvalue weighted by atomic mass is 35.5. The molecule has 0 radical (unpaired) electrons. The Kier molecular flexibility index (Phi) is 5.42. The highest BCUT2D eigenvalue weighted by molar-refractivity contribution is 6.31. The van der Waals surface area contributed by atoms with Crippen molar-refractivity contribution in [3.8, 4) is 0 Å². The zero-order valence-corrected chi connectivity index (χ0v) is 15.5. The first-order chi connectivity index (χ1) is 13.3. The third-order valence-corrected chi connectivity index (χ3v) is 5.04. The van der Waals surface area contributed by atoms with Gasteiger partial charge in [0.25, 0.3) is 0 Å². The first-order valence-corrected chi connectivity index (χ1v) is 8.79. The van der Waals surface area contributed by atoms with Crippen molar-refractivity contribution in [3.05, 3.63) is 51.2 Å². The van der Waals surface area contributed by atoms with Gasteiger partial charge in [0.2, 0.25) is 5.95 Å². The lowest BCUT2D eigenvalue weighted by Crippen LogP contribution is -2.19. The molecule has 4 nitrogen and oxygen atoms in total. The van der Waals surface area contributed by atoms with Crippen LogP contribution in [0, 0.1) is 5.92 Å². The number of hydrogen-bond acceptors (Lipinski definition) is 4. The Hall–Kier alpha value is -2.49. The molecule has 2 aromatic rings. The van der Waals surface area contributed by atoms with Crippen LogP contribution in [0.15, 0.2) is 23.2 Å². The first-order valence-electron chi connectivity index (χ1n) is 8.42. The lowest BCUT2D eigenvalue weighted by Gasteiger charge is -2.24. The molecule has 1 aromatic carbocycles. The van der Waals surface area contributed by atoms with Gasteiger partial charge in [0.15, 0.2) is 0 Å². The van der Waals surface area contributed by atoms with Gasteiger partial charge < -0.3 is 11.5 Å². The minimum Gasteiger partial charge on any atom is -0.383 e. The van der Waals surface area contributed by atoms with Crippen LogP contribution >= 0.6 is 11.6 Å². The molecule has 0 saturated carbocycles. The molecular weight excluding hydrogens is 422 g/mol. The number of allylic oxidation sites excluding steroid dienone is 1. The molecule has 1 aromatic heterocycles. The van der Waals surface area contributed by atoms with Crippen LogP contribution in [-0.2, 0) is 25.2 Å². The van der Waals surface area contributed by atoms with Crippen LogP contribution in [0.2, 0.25) is 0 Å². The maximum atomic E-state index is 13.0. The van der Waals surface area contributed by atoms with Gasteiger partial charge in [0.1, 0.15) is 5.82 Å². The number of hydrogen-bond donors (Lipinski definition) is 2. The number of aryl methyl sites for hydroxylation is 1. The normalized spacial score (nSPS) is 17.9. The zero-order valence-electron chi connectivity index (χ0n) is 14.7. The fourth-order valence-electron chi connectivity index (χ4n) is 3.23. The van der Waals surface area contributed by atoms with Crippen LogP contribution < -0.4 is 11.5 Å². The number of aromatic nitrogens is 2. The lowest BCUT2D eigenvalue weighted by molar-refractivity contribution is -0.143. The summed E-state index contributed by atoms with van der Waals surface area (Å²) in [7, 11) is 0. The number of fused-ring (bicyclic) bond motifs is 1. The molecule has 11 heteroatoms. The van der Waals surface area contributed by atoms with Crippen LogP contribution in [0.3, 0.4) is 0 Å². The second-order valence-corrected chi connectivity index (χ2v) is 7.14. The van der Waals surface area contributed by atoms with E-state index in [1.165, 1.54) is 0 Å². The molecule has 0 amide bonds. The Bertz CT molecular complexity index is 936. The average molecular weight is 437 g/mol. The predicted octanol–water partition coefficient (Wildman–Crippen LogP) is 5.06. The predicted molar refractivity (Wildman–Crippen MR) is 96.6 cm³/mol. The van der Waals surface area contributed by atoms with E-state index in [9.17, 15) is 26.3 Å². The summed E-state index contributed by atoms with van der Waals surface area (Å²) in [6, 6.07) is 1.34. The summed E-state index contributed by atoms with van der Waals surface area (Å²) in [6.07, 6.45) is -7.48. The van der Waals surface area contributed by atoms with Gasteiger partial charge >= 0.3 is 12.4 Å². The molecule has 0 aliphatic heterocycles. The highest BCUT2D eigenvalue weighted by Crippen LogP contribution is 2.38. The van der Waals surface area contributed by atoms with E-state index >= 15 is 0 Å². The number of anilines is 2. The smallest absolute Gasteiger partial charge is 0.383 e. The summed E-state index contributed by atoms with van der Waals surface area (Å²) < 4.78 is 78.1. The molecule has 1 aliphatic rings. The third kappa shape index (κ3) is 4.75. The molecule has 3 rings (SSSR count). The van der Waals surface area contributed by atoms with Gasteiger partial charge in [-0.05, 0) is 55.0 Å². The molecule has 1 aliphatic carbocycles. The number of benzene rings is 1. The highest BCUT2D eigenvalue weighted by Gasteiger charge is 2.37. The van der Waals surface area contributed by atoms with Gasteiger partial charge in [-0.25, -0.2) is 4.98 Å². The number of halogens is 7. The van der Waals surface area contributed by atoms with Crippen molar-refractivity contribution in [2.24, 2.45) is 5.92 Å². The second-order valence-electron chi connectivity index (χ2n) is 6.70. The Morgan fingerprint density at radius 3 is 2.14 bits per heavy atom. The standard InChI is InChI=1S/C18H15ClF6N4/c19-13(9-1-2-14-12(6-9)15(26)29-16(27)28-14)5-8-3-10(17(20,21)22)7-11(4-8)18(23,24)25/h3-5,7,9H,1-2,6H2,(H4,26,27,28,29)/b13-5-. The van der Waals surface area contributed by atoms with Crippen LogP contribution in [0.4, 0.5) is 38.1 Å². The van der Waals surface area contributed by atoms with Gasteiger partial charge in [-0.2, -0.15) is 31.3 Å². The van der Waals surface area contributed by atoms with Gasteiger partial charge in [-0.3, -0.25) is 0 Å². The molecule has 0 saturated heterocycles. The van der Waals surface area contributed by atoms with E-state index in [1.807, 2.05) is 0 Å². The molecular formula is C18H15ClF6N4. The maximum Gasteiger partial charge on any atom is 0.416 e. The van der Waals surface area contributed by atoms with Crippen molar-refractivity contribution in [1.29, 1.82) is 0 Å². The molecule has 1 atom stereocenters. The fourth-order valence-corrected chi connectivity index (χ4v) is 3.55. The maximum absolute atomic E-state index is 13.0. The summed E-state index contributed by atoms with van der Waals surface area (Å²) in [5, 5.41) is 0.124. The van der Waals surface area contributed by atoms with E-state index in [4.69, 9.17) is 23.1 Å². The van der Waals surface area contributed by atoms with Crippen LogP contribution in [0.1, 0.15) is 34.4 Å². The molecule has 0 spiro atoms. The van der Waals surface area contributed by atoms with Crippen molar-refractivity contribution in [3.63, 3.8) is 0 Å². The van der Waals surface area contributed by atoms with E-state index in [1.54, 1.807) is 0 Å². The Morgan fingerprint density at radius 1 is 1.00 bits per heavy atom. The third-order valence-electron chi connectivity index (χ3n) is 4.63. The number of nitrogens with zero attached hydrogens (tertiary/aromatic N) is 2. The van der Waals surface area contributed by atoms with E-state index in [0.29, 0.717) is 42.7 Å². The minimum atomic E-state index is -4.92. The number of alkyl halides is 6. The first kappa shape index (κ1) is 21.2. The van der Waals surface area contributed by atoms with Gasteiger partial charge in [0.05, 0.1) is 16.8 Å². The fraction of sp³-hybridized carbons (Fsp3) is 0.333. The van der Waals surface area contributed by atoms with Gasteiger partial charge in [-0.15, -0.1) is 0 Å². The van der Waals surface area contributed by atoms with E-state index in [-0.39, 0.29) is 34.3 Å². The Balaban J connectivity index is 1.95. The monoisotopic (exact) mass is 436 g/mol. The molecule has 29 heavy (non-hydrogen) atoms. The van der Waals surface area contributed by atoms with Crippen LogP contribution in [0.25, 0.3) is 6.08 Å². The summed E-state index contributed by atoms with van der Waals surface area (Å²) in [6.45, 7) is 0. The molecule has 156 valence electrons. The van der Waals surface area contributed by atoms with Crippen molar-refractivity contribution >= 4 is 29.4 Å². The Morgan fingerprint density at radius 2 is 1.59 bits per heavy atom. The molecule has 4 N–H and O–H groups in total. The second kappa shape index (κ2) is 7.40.